The maximum Gasteiger partial charge on any atom is 0.143 e. The fraction of sp³-hybridized carbons (Fsp3) is 0.538. The number of benzene rings is 1. The second-order valence-corrected chi connectivity index (χ2v) is 5.35. The van der Waals surface area contributed by atoms with Crippen molar-refractivity contribution in [2.75, 3.05) is 18.1 Å². The molecule has 0 unspecified atom stereocenters. The Kier molecular flexibility index (Phi) is 5.53. The quantitative estimate of drug-likeness (QED) is 0.605. The van der Waals surface area contributed by atoms with Gasteiger partial charge >= 0.3 is 0 Å². The molecule has 1 aromatic rings. The van der Waals surface area contributed by atoms with Gasteiger partial charge < -0.3 is 10.5 Å². The number of ether oxygens (including phenoxy) is 1. The van der Waals surface area contributed by atoms with Crippen LogP contribution < -0.4 is 10.5 Å². The molecule has 0 heterocycles. The summed E-state index contributed by atoms with van der Waals surface area (Å²) in [6, 6.07) is 6.02. The second-order valence-electron chi connectivity index (χ2n) is 4.25. The van der Waals surface area contributed by atoms with Crippen molar-refractivity contribution in [3.63, 3.8) is 0 Å². The van der Waals surface area contributed by atoms with Crippen LogP contribution in [0.4, 0.5) is 5.69 Å². The number of nitrogens with two attached hydrogens (primary N) is 1. The molecule has 0 radical (unpaired) electrons. The molecule has 0 aliphatic carbocycles. The van der Waals surface area contributed by atoms with Crippen molar-refractivity contribution in [1.29, 1.82) is 0 Å². The van der Waals surface area contributed by atoms with E-state index in [1.807, 2.05) is 23.9 Å². The van der Waals surface area contributed by atoms with E-state index in [1.165, 1.54) is 4.90 Å². The standard InChI is InChI=1S/C13H21NOS/c1-4-7-15-13-8-11(5-6-12(13)14)16-9-10(2)3/h5-6,8,10H,4,7,9,14H2,1-3H3. The van der Waals surface area contributed by atoms with Crippen molar-refractivity contribution >= 4 is 17.4 Å². The minimum absolute atomic E-state index is 0.697. The SMILES string of the molecule is CCCOc1cc(SCC(C)C)ccc1N. The lowest BCUT2D eigenvalue weighted by atomic mass is 10.3. The zero-order chi connectivity index (χ0) is 12.0. The topological polar surface area (TPSA) is 35.2 Å². The van der Waals surface area contributed by atoms with Gasteiger partial charge in [-0.05, 0) is 30.5 Å². The van der Waals surface area contributed by atoms with Crippen LogP contribution in [0.5, 0.6) is 5.75 Å². The van der Waals surface area contributed by atoms with Crippen LogP contribution in [0.25, 0.3) is 0 Å². The highest BCUT2D eigenvalue weighted by atomic mass is 32.2. The maximum absolute atomic E-state index is 5.85. The Labute approximate surface area is 103 Å². The first-order chi connectivity index (χ1) is 7.63. The van der Waals surface area contributed by atoms with Crippen LogP contribution in [-0.4, -0.2) is 12.4 Å². The highest BCUT2D eigenvalue weighted by Gasteiger charge is 2.03. The molecule has 0 saturated carbocycles. The Morgan fingerprint density at radius 2 is 2.12 bits per heavy atom. The molecule has 0 spiro atoms. The summed E-state index contributed by atoms with van der Waals surface area (Å²) in [4.78, 5) is 1.23. The van der Waals surface area contributed by atoms with E-state index in [0.717, 1.165) is 30.2 Å². The molecular formula is C13H21NOS. The van der Waals surface area contributed by atoms with Gasteiger partial charge in [-0.15, -0.1) is 11.8 Å². The van der Waals surface area contributed by atoms with Crippen LogP contribution in [0.15, 0.2) is 23.1 Å². The van der Waals surface area contributed by atoms with Crippen LogP contribution in [0, 0.1) is 5.92 Å². The molecule has 0 atom stereocenters. The van der Waals surface area contributed by atoms with Gasteiger partial charge in [0.2, 0.25) is 0 Å². The van der Waals surface area contributed by atoms with E-state index in [2.05, 4.69) is 26.8 Å². The van der Waals surface area contributed by atoms with Gasteiger partial charge in [-0.3, -0.25) is 0 Å². The lowest BCUT2D eigenvalue weighted by Gasteiger charge is -2.10. The molecule has 1 aromatic carbocycles. The zero-order valence-electron chi connectivity index (χ0n) is 10.3. The number of nitrogen functional groups attached to an aromatic ring is 1. The van der Waals surface area contributed by atoms with Gasteiger partial charge in [0.1, 0.15) is 5.75 Å². The van der Waals surface area contributed by atoms with E-state index in [4.69, 9.17) is 10.5 Å². The zero-order valence-corrected chi connectivity index (χ0v) is 11.1. The molecule has 0 bridgehead atoms. The van der Waals surface area contributed by atoms with Crippen LogP contribution >= 0.6 is 11.8 Å². The lowest BCUT2D eigenvalue weighted by Crippen LogP contribution is -1.99. The smallest absolute Gasteiger partial charge is 0.143 e. The van der Waals surface area contributed by atoms with Crippen molar-refractivity contribution in [1.82, 2.24) is 0 Å². The number of hydrogen-bond acceptors (Lipinski definition) is 3. The van der Waals surface area contributed by atoms with Crippen LogP contribution in [0.1, 0.15) is 27.2 Å². The number of rotatable bonds is 6. The van der Waals surface area contributed by atoms with E-state index in [1.54, 1.807) is 0 Å². The molecule has 3 heteroatoms. The first-order valence-electron chi connectivity index (χ1n) is 5.78. The molecule has 0 saturated heterocycles. The van der Waals surface area contributed by atoms with Gasteiger partial charge in [0.05, 0.1) is 12.3 Å². The third-order valence-electron chi connectivity index (χ3n) is 2.03. The third kappa shape index (κ3) is 4.35. The summed E-state index contributed by atoms with van der Waals surface area (Å²) in [6.07, 6.45) is 1.00. The predicted molar refractivity (Wildman–Crippen MR) is 72.2 cm³/mol. The molecule has 0 aliphatic heterocycles. The monoisotopic (exact) mass is 239 g/mol. The molecule has 16 heavy (non-hydrogen) atoms. The Bertz CT molecular complexity index is 326. The van der Waals surface area contributed by atoms with Gasteiger partial charge in [0.15, 0.2) is 0 Å². The second kappa shape index (κ2) is 6.69. The number of thioether (sulfide) groups is 1. The summed E-state index contributed by atoms with van der Waals surface area (Å²) >= 11 is 1.85. The molecule has 1 rings (SSSR count). The van der Waals surface area contributed by atoms with Crippen molar-refractivity contribution in [2.45, 2.75) is 32.1 Å². The molecule has 90 valence electrons. The molecular weight excluding hydrogens is 218 g/mol. The highest BCUT2D eigenvalue weighted by molar-refractivity contribution is 7.99. The predicted octanol–water partition coefficient (Wildman–Crippen LogP) is 3.81. The van der Waals surface area contributed by atoms with Gasteiger partial charge in [0.25, 0.3) is 0 Å². The van der Waals surface area contributed by atoms with E-state index < -0.39 is 0 Å². The lowest BCUT2D eigenvalue weighted by molar-refractivity contribution is 0.318. The van der Waals surface area contributed by atoms with E-state index in [0.29, 0.717) is 5.92 Å². The van der Waals surface area contributed by atoms with Gasteiger partial charge in [-0.25, -0.2) is 0 Å². The normalized spacial score (nSPS) is 10.8. The molecule has 0 aliphatic rings. The summed E-state index contributed by atoms with van der Waals surface area (Å²) in [5, 5.41) is 0. The van der Waals surface area contributed by atoms with Crippen LogP contribution in [0.2, 0.25) is 0 Å². The first-order valence-corrected chi connectivity index (χ1v) is 6.77. The molecule has 0 amide bonds. The van der Waals surface area contributed by atoms with E-state index in [-0.39, 0.29) is 0 Å². The van der Waals surface area contributed by atoms with E-state index >= 15 is 0 Å². The molecule has 0 aromatic heterocycles. The third-order valence-corrected chi connectivity index (χ3v) is 3.45. The average molecular weight is 239 g/mol. The Balaban J connectivity index is 2.65. The summed E-state index contributed by atoms with van der Waals surface area (Å²) in [7, 11) is 0. The van der Waals surface area contributed by atoms with E-state index in [9.17, 15) is 0 Å². The largest absolute Gasteiger partial charge is 0.491 e. The van der Waals surface area contributed by atoms with Crippen LogP contribution in [0.3, 0.4) is 0 Å². The number of anilines is 1. The Morgan fingerprint density at radius 3 is 2.75 bits per heavy atom. The summed E-state index contributed by atoms with van der Waals surface area (Å²) in [5.74, 6) is 2.63. The van der Waals surface area contributed by atoms with Crippen LogP contribution in [-0.2, 0) is 0 Å². The van der Waals surface area contributed by atoms with Gasteiger partial charge in [0, 0.05) is 10.6 Å². The average Bonchev–Trinajstić information content (AvgIpc) is 2.26. The Hall–Kier alpha value is -0.830. The van der Waals surface area contributed by atoms with Gasteiger partial charge in [-0.1, -0.05) is 20.8 Å². The van der Waals surface area contributed by atoms with Crippen molar-refractivity contribution in [3.8, 4) is 5.75 Å². The summed E-state index contributed by atoms with van der Waals surface area (Å²) < 4.78 is 5.60. The van der Waals surface area contributed by atoms with Gasteiger partial charge in [-0.2, -0.15) is 0 Å². The maximum atomic E-state index is 5.85. The summed E-state index contributed by atoms with van der Waals surface area (Å²) in [6.45, 7) is 7.26. The van der Waals surface area contributed by atoms with Crippen molar-refractivity contribution in [2.24, 2.45) is 5.92 Å². The first kappa shape index (κ1) is 13.2. The molecule has 2 N–H and O–H groups in total. The Morgan fingerprint density at radius 1 is 1.38 bits per heavy atom. The van der Waals surface area contributed by atoms with Crippen molar-refractivity contribution in [3.05, 3.63) is 18.2 Å². The fourth-order valence-electron chi connectivity index (χ4n) is 1.20. The minimum Gasteiger partial charge on any atom is -0.491 e. The molecule has 2 nitrogen and oxygen atoms in total. The minimum atomic E-state index is 0.697. The highest BCUT2D eigenvalue weighted by Crippen LogP contribution is 2.29. The fourth-order valence-corrected chi connectivity index (χ4v) is 2.08. The summed E-state index contributed by atoms with van der Waals surface area (Å²) in [5.41, 5.74) is 6.58. The molecule has 0 fully saturated rings. The number of hydrogen-bond donors (Lipinski definition) is 1. The van der Waals surface area contributed by atoms with Crippen molar-refractivity contribution < 1.29 is 4.74 Å².